The Balaban J connectivity index is 2.48. The SMILES string of the molecule is Cc1nn(C)cc1CNCC(C)(C)C(O)C(C)C. The zero-order valence-corrected chi connectivity index (χ0v) is 12.5. The van der Waals surface area contributed by atoms with Crippen LogP contribution in [0.3, 0.4) is 0 Å². The van der Waals surface area contributed by atoms with Crippen LogP contribution in [0, 0.1) is 18.3 Å². The standard InChI is InChI=1S/C14H27N3O/c1-10(2)13(18)14(4,5)9-15-7-12-8-17(6)16-11(12)3/h8,10,13,15,18H,7,9H2,1-6H3. The molecule has 0 aliphatic rings. The fourth-order valence-corrected chi connectivity index (χ4v) is 2.35. The van der Waals surface area contributed by atoms with Crippen molar-refractivity contribution in [2.45, 2.75) is 47.3 Å². The highest BCUT2D eigenvalue weighted by atomic mass is 16.3. The minimum atomic E-state index is -0.292. The third-order valence-corrected chi connectivity index (χ3v) is 3.44. The first-order valence-electron chi connectivity index (χ1n) is 6.62. The van der Waals surface area contributed by atoms with E-state index in [0.29, 0.717) is 0 Å². The molecule has 0 spiro atoms. The molecule has 104 valence electrons. The average Bonchev–Trinajstić information content (AvgIpc) is 2.56. The molecule has 1 heterocycles. The molecule has 18 heavy (non-hydrogen) atoms. The summed E-state index contributed by atoms with van der Waals surface area (Å²) in [7, 11) is 1.93. The number of aromatic nitrogens is 2. The second-order valence-electron chi connectivity index (χ2n) is 6.19. The molecule has 1 aromatic heterocycles. The van der Waals surface area contributed by atoms with Crippen molar-refractivity contribution in [3.05, 3.63) is 17.5 Å². The first kappa shape index (κ1) is 15.2. The van der Waals surface area contributed by atoms with E-state index in [0.717, 1.165) is 18.8 Å². The summed E-state index contributed by atoms with van der Waals surface area (Å²) in [6.45, 7) is 11.9. The molecule has 1 rings (SSSR count). The van der Waals surface area contributed by atoms with Crippen molar-refractivity contribution in [3.8, 4) is 0 Å². The van der Waals surface area contributed by atoms with Gasteiger partial charge in [-0.25, -0.2) is 0 Å². The van der Waals surface area contributed by atoms with E-state index in [1.165, 1.54) is 5.56 Å². The average molecular weight is 253 g/mol. The lowest BCUT2D eigenvalue weighted by atomic mass is 9.80. The maximum atomic E-state index is 10.2. The number of hydrogen-bond donors (Lipinski definition) is 2. The summed E-state index contributed by atoms with van der Waals surface area (Å²) in [6, 6.07) is 0. The van der Waals surface area contributed by atoms with Gasteiger partial charge in [-0.1, -0.05) is 27.7 Å². The molecule has 0 saturated carbocycles. The van der Waals surface area contributed by atoms with Crippen molar-refractivity contribution in [2.75, 3.05) is 6.54 Å². The van der Waals surface area contributed by atoms with Gasteiger partial charge in [-0.15, -0.1) is 0 Å². The molecule has 0 radical (unpaired) electrons. The van der Waals surface area contributed by atoms with Gasteiger partial charge in [0.1, 0.15) is 0 Å². The lowest BCUT2D eigenvalue weighted by Crippen LogP contribution is -2.41. The maximum Gasteiger partial charge on any atom is 0.0638 e. The first-order chi connectivity index (χ1) is 8.24. The number of rotatable bonds is 6. The highest BCUT2D eigenvalue weighted by Crippen LogP contribution is 2.25. The number of aliphatic hydroxyl groups is 1. The molecular formula is C14H27N3O. The number of nitrogens with zero attached hydrogens (tertiary/aromatic N) is 2. The van der Waals surface area contributed by atoms with Gasteiger partial charge in [0.2, 0.25) is 0 Å². The second-order valence-corrected chi connectivity index (χ2v) is 6.19. The molecule has 4 heteroatoms. The van der Waals surface area contributed by atoms with Gasteiger partial charge >= 0.3 is 0 Å². The Labute approximate surface area is 110 Å². The van der Waals surface area contributed by atoms with Gasteiger partial charge < -0.3 is 10.4 Å². The van der Waals surface area contributed by atoms with Crippen LogP contribution in [0.1, 0.15) is 39.0 Å². The summed E-state index contributed by atoms with van der Waals surface area (Å²) >= 11 is 0. The van der Waals surface area contributed by atoms with E-state index >= 15 is 0 Å². The van der Waals surface area contributed by atoms with E-state index in [1.54, 1.807) is 0 Å². The molecule has 0 saturated heterocycles. The van der Waals surface area contributed by atoms with Crippen LogP contribution in [0.15, 0.2) is 6.20 Å². The number of aryl methyl sites for hydroxylation is 2. The third-order valence-electron chi connectivity index (χ3n) is 3.44. The smallest absolute Gasteiger partial charge is 0.0638 e. The van der Waals surface area contributed by atoms with Crippen LogP contribution >= 0.6 is 0 Å². The van der Waals surface area contributed by atoms with Gasteiger partial charge in [0.15, 0.2) is 0 Å². The Morgan fingerprint density at radius 1 is 1.44 bits per heavy atom. The highest BCUT2D eigenvalue weighted by molar-refractivity contribution is 5.14. The molecule has 0 aromatic carbocycles. The van der Waals surface area contributed by atoms with Crippen molar-refractivity contribution in [1.29, 1.82) is 0 Å². The van der Waals surface area contributed by atoms with Crippen LogP contribution in [0.25, 0.3) is 0 Å². The summed E-state index contributed by atoms with van der Waals surface area (Å²) in [5, 5.41) is 17.9. The van der Waals surface area contributed by atoms with Crippen LogP contribution in [0.4, 0.5) is 0 Å². The van der Waals surface area contributed by atoms with E-state index < -0.39 is 0 Å². The fraction of sp³-hybridized carbons (Fsp3) is 0.786. The Bertz CT molecular complexity index is 382. The minimum Gasteiger partial charge on any atom is -0.392 e. The van der Waals surface area contributed by atoms with Crippen molar-refractivity contribution in [3.63, 3.8) is 0 Å². The van der Waals surface area contributed by atoms with Crippen molar-refractivity contribution in [2.24, 2.45) is 18.4 Å². The van der Waals surface area contributed by atoms with Gasteiger partial charge in [0, 0.05) is 37.3 Å². The molecule has 0 aliphatic carbocycles. The van der Waals surface area contributed by atoms with Gasteiger partial charge in [0.25, 0.3) is 0 Å². The molecule has 4 nitrogen and oxygen atoms in total. The molecule has 0 aliphatic heterocycles. The largest absolute Gasteiger partial charge is 0.392 e. The highest BCUT2D eigenvalue weighted by Gasteiger charge is 2.29. The van der Waals surface area contributed by atoms with Gasteiger partial charge in [0.05, 0.1) is 11.8 Å². The molecule has 1 unspecified atom stereocenters. The summed E-state index contributed by atoms with van der Waals surface area (Å²) in [5.41, 5.74) is 2.16. The van der Waals surface area contributed by atoms with Crippen LogP contribution in [0.5, 0.6) is 0 Å². The zero-order chi connectivity index (χ0) is 13.9. The molecule has 0 amide bonds. The molecule has 2 N–H and O–H groups in total. The zero-order valence-electron chi connectivity index (χ0n) is 12.5. The van der Waals surface area contributed by atoms with Crippen LogP contribution in [-0.4, -0.2) is 27.5 Å². The maximum absolute atomic E-state index is 10.2. The summed E-state index contributed by atoms with van der Waals surface area (Å²) in [5.74, 6) is 0.280. The lowest BCUT2D eigenvalue weighted by Gasteiger charge is -2.33. The van der Waals surface area contributed by atoms with E-state index in [-0.39, 0.29) is 17.4 Å². The minimum absolute atomic E-state index is 0.121. The fourth-order valence-electron chi connectivity index (χ4n) is 2.35. The number of hydrogen-bond acceptors (Lipinski definition) is 3. The normalized spacial score (nSPS) is 14.2. The second kappa shape index (κ2) is 5.85. The third kappa shape index (κ3) is 3.82. The van der Waals surface area contributed by atoms with Crippen LogP contribution < -0.4 is 5.32 Å². The molecule has 0 bridgehead atoms. The molecule has 1 atom stereocenters. The van der Waals surface area contributed by atoms with Gasteiger partial charge in [-0.05, 0) is 12.8 Å². The predicted molar refractivity (Wildman–Crippen MR) is 74.3 cm³/mol. The summed E-state index contributed by atoms with van der Waals surface area (Å²) in [4.78, 5) is 0. The molecular weight excluding hydrogens is 226 g/mol. The monoisotopic (exact) mass is 253 g/mol. The van der Waals surface area contributed by atoms with Crippen molar-refractivity contribution < 1.29 is 5.11 Å². The van der Waals surface area contributed by atoms with E-state index in [4.69, 9.17) is 0 Å². The number of aliphatic hydroxyl groups excluding tert-OH is 1. The Morgan fingerprint density at radius 2 is 2.06 bits per heavy atom. The Kier molecular flexibility index (Phi) is 4.93. The lowest BCUT2D eigenvalue weighted by molar-refractivity contribution is 0.0134. The topological polar surface area (TPSA) is 50.1 Å². The van der Waals surface area contributed by atoms with Crippen molar-refractivity contribution in [1.82, 2.24) is 15.1 Å². The number of nitrogens with one attached hydrogen (secondary N) is 1. The molecule has 1 aromatic rings. The Hall–Kier alpha value is -0.870. The van der Waals surface area contributed by atoms with E-state index in [2.05, 4.69) is 38.1 Å². The predicted octanol–water partition coefficient (Wildman–Crippen LogP) is 1.86. The van der Waals surface area contributed by atoms with E-state index in [1.807, 2.05) is 24.9 Å². The quantitative estimate of drug-likeness (QED) is 0.813. The first-order valence-corrected chi connectivity index (χ1v) is 6.62. The Morgan fingerprint density at radius 3 is 2.50 bits per heavy atom. The molecule has 0 fully saturated rings. The summed E-state index contributed by atoms with van der Waals surface area (Å²) < 4.78 is 1.83. The van der Waals surface area contributed by atoms with Crippen molar-refractivity contribution >= 4 is 0 Å². The summed E-state index contributed by atoms with van der Waals surface area (Å²) in [6.07, 6.45) is 1.74. The van der Waals surface area contributed by atoms with Crippen LogP contribution in [-0.2, 0) is 13.6 Å². The van der Waals surface area contributed by atoms with Gasteiger partial charge in [-0.3, -0.25) is 4.68 Å². The van der Waals surface area contributed by atoms with Crippen LogP contribution in [0.2, 0.25) is 0 Å². The van der Waals surface area contributed by atoms with Gasteiger partial charge in [-0.2, -0.15) is 5.10 Å². The van der Waals surface area contributed by atoms with E-state index in [9.17, 15) is 5.11 Å².